The predicted octanol–water partition coefficient (Wildman–Crippen LogP) is 2.59. The summed E-state index contributed by atoms with van der Waals surface area (Å²) in [4.78, 5) is 22.5. The smallest absolute Gasteiger partial charge is 0.330 e. The fourth-order valence-corrected chi connectivity index (χ4v) is 4.59. The average Bonchev–Trinajstić information content (AvgIpc) is 3.55. The highest BCUT2D eigenvalue weighted by Gasteiger charge is 2.48. The van der Waals surface area contributed by atoms with Crippen molar-refractivity contribution in [2.24, 2.45) is 11.8 Å². The molecule has 2 rings (SSSR count). The number of epoxide rings is 1. The first-order chi connectivity index (χ1) is 16.6. The van der Waals surface area contributed by atoms with Gasteiger partial charge >= 0.3 is 11.9 Å². The zero-order valence-corrected chi connectivity index (χ0v) is 21.3. The maximum Gasteiger partial charge on any atom is 0.330 e. The van der Waals surface area contributed by atoms with Crippen LogP contribution in [-0.2, 0) is 23.8 Å². The van der Waals surface area contributed by atoms with Crippen LogP contribution in [0.15, 0.2) is 11.6 Å². The lowest BCUT2D eigenvalue weighted by Gasteiger charge is -2.38. The first kappa shape index (κ1) is 29.7. The molecule has 202 valence electrons. The van der Waals surface area contributed by atoms with Crippen molar-refractivity contribution in [1.29, 1.82) is 0 Å². The SMILES string of the molecule is CC(=CC(=O)OCCCCCCCCC(=O)O)CC1OCC(CC2OC2C(C)C(C)O)C(O)C1O. The fourth-order valence-electron chi connectivity index (χ4n) is 4.59. The summed E-state index contributed by atoms with van der Waals surface area (Å²) in [7, 11) is 0. The Labute approximate surface area is 208 Å². The molecule has 0 spiro atoms. The van der Waals surface area contributed by atoms with E-state index in [1.54, 1.807) is 13.8 Å². The summed E-state index contributed by atoms with van der Waals surface area (Å²) >= 11 is 0. The van der Waals surface area contributed by atoms with Crippen LogP contribution in [-0.4, -0.2) is 82.2 Å². The molecule has 4 N–H and O–H groups in total. The second kappa shape index (κ2) is 14.9. The van der Waals surface area contributed by atoms with E-state index >= 15 is 0 Å². The highest BCUT2D eigenvalue weighted by Crippen LogP contribution is 2.38. The van der Waals surface area contributed by atoms with E-state index in [1.165, 1.54) is 6.08 Å². The van der Waals surface area contributed by atoms with E-state index in [0.29, 0.717) is 38.0 Å². The monoisotopic (exact) mass is 500 g/mol. The summed E-state index contributed by atoms with van der Waals surface area (Å²) in [5.41, 5.74) is 0.708. The minimum absolute atomic E-state index is 0.0160. The fraction of sp³-hybridized carbons (Fsp3) is 0.846. The first-order valence-electron chi connectivity index (χ1n) is 13.0. The molecule has 0 amide bonds. The van der Waals surface area contributed by atoms with Gasteiger partial charge in [0.25, 0.3) is 0 Å². The Kier molecular flexibility index (Phi) is 12.6. The van der Waals surface area contributed by atoms with Gasteiger partial charge in [-0.05, 0) is 39.5 Å². The van der Waals surface area contributed by atoms with Crippen LogP contribution in [0.4, 0.5) is 0 Å². The van der Waals surface area contributed by atoms with Gasteiger partial charge in [0.1, 0.15) is 6.10 Å². The molecule has 2 heterocycles. The molecule has 0 aromatic carbocycles. The van der Waals surface area contributed by atoms with Gasteiger partial charge in [0, 0.05) is 24.3 Å². The molecule has 9 heteroatoms. The van der Waals surface area contributed by atoms with Gasteiger partial charge in [0.05, 0.1) is 43.7 Å². The number of hydrogen-bond acceptors (Lipinski definition) is 8. The molecule has 35 heavy (non-hydrogen) atoms. The van der Waals surface area contributed by atoms with Crippen molar-refractivity contribution in [3.8, 4) is 0 Å². The van der Waals surface area contributed by atoms with Crippen molar-refractivity contribution in [2.75, 3.05) is 13.2 Å². The molecule has 0 radical (unpaired) electrons. The number of carbonyl (C=O) groups excluding carboxylic acids is 1. The van der Waals surface area contributed by atoms with E-state index in [9.17, 15) is 24.9 Å². The minimum Gasteiger partial charge on any atom is -0.481 e. The maximum atomic E-state index is 12.1. The zero-order chi connectivity index (χ0) is 26.0. The third-order valence-electron chi connectivity index (χ3n) is 7.09. The number of carbonyl (C=O) groups is 2. The summed E-state index contributed by atoms with van der Waals surface area (Å²) in [6, 6.07) is 0. The average molecular weight is 501 g/mol. The number of unbranched alkanes of at least 4 members (excludes halogenated alkanes) is 5. The maximum absolute atomic E-state index is 12.1. The molecule has 2 aliphatic heterocycles. The second-order valence-corrected chi connectivity index (χ2v) is 10.2. The normalized spacial score (nSPS) is 30.5. The molecule has 0 bridgehead atoms. The van der Waals surface area contributed by atoms with Crippen molar-refractivity contribution in [3.05, 3.63) is 11.6 Å². The van der Waals surface area contributed by atoms with Gasteiger partial charge in [0.15, 0.2) is 0 Å². The number of carboxylic acid groups (broad SMARTS) is 1. The van der Waals surface area contributed by atoms with Gasteiger partial charge in [0.2, 0.25) is 0 Å². The molecule has 0 aliphatic carbocycles. The molecule has 0 aromatic heterocycles. The summed E-state index contributed by atoms with van der Waals surface area (Å²) in [5.74, 6) is -1.42. The van der Waals surface area contributed by atoms with Gasteiger partial charge in [-0.15, -0.1) is 0 Å². The van der Waals surface area contributed by atoms with E-state index in [-0.39, 0.29) is 30.5 Å². The van der Waals surface area contributed by atoms with Crippen LogP contribution < -0.4 is 0 Å². The van der Waals surface area contributed by atoms with Crippen LogP contribution in [0, 0.1) is 11.8 Å². The number of carboxylic acids is 1. The number of aliphatic carboxylic acids is 1. The number of hydrogen-bond donors (Lipinski definition) is 4. The van der Waals surface area contributed by atoms with Crippen LogP contribution in [0.1, 0.15) is 78.6 Å². The number of esters is 1. The van der Waals surface area contributed by atoms with Crippen molar-refractivity contribution in [1.82, 2.24) is 0 Å². The summed E-state index contributed by atoms with van der Waals surface area (Å²) in [6.45, 7) is 6.07. The van der Waals surface area contributed by atoms with Crippen LogP contribution in [0.3, 0.4) is 0 Å². The van der Waals surface area contributed by atoms with Gasteiger partial charge in [-0.25, -0.2) is 4.79 Å². The molecule has 0 saturated carbocycles. The van der Waals surface area contributed by atoms with Crippen LogP contribution >= 0.6 is 0 Å². The van der Waals surface area contributed by atoms with Gasteiger partial charge < -0.3 is 34.6 Å². The van der Waals surface area contributed by atoms with E-state index in [0.717, 1.165) is 32.1 Å². The van der Waals surface area contributed by atoms with Crippen molar-refractivity contribution >= 4 is 11.9 Å². The quantitative estimate of drug-likeness (QED) is 0.109. The molecule has 2 aliphatic rings. The predicted molar refractivity (Wildman–Crippen MR) is 129 cm³/mol. The Morgan fingerprint density at radius 1 is 1.03 bits per heavy atom. The van der Waals surface area contributed by atoms with Crippen molar-refractivity contribution in [3.63, 3.8) is 0 Å². The third kappa shape index (κ3) is 10.6. The highest BCUT2D eigenvalue weighted by molar-refractivity contribution is 5.82. The first-order valence-corrected chi connectivity index (χ1v) is 13.0. The standard InChI is InChI=1S/C26H44O9/c1-16(13-23(30)33-11-9-7-5-4-6-8-10-22(28)29)12-20-25(32)24(31)19(15-34-20)14-21-26(35-21)17(2)18(3)27/h13,17-21,24-27,31-32H,4-12,14-15H2,1-3H3,(H,28,29). The van der Waals surface area contributed by atoms with Crippen molar-refractivity contribution < 1.29 is 44.2 Å². The zero-order valence-electron chi connectivity index (χ0n) is 21.3. The lowest BCUT2D eigenvalue weighted by atomic mass is 9.85. The number of ether oxygens (including phenoxy) is 3. The molecule has 8 atom stereocenters. The lowest BCUT2D eigenvalue weighted by molar-refractivity contribution is -0.165. The summed E-state index contributed by atoms with van der Waals surface area (Å²) in [5, 5.41) is 39.5. The van der Waals surface area contributed by atoms with Crippen LogP contribution in [0.25, 0.3) is 0 Å². The molecule has 2 saturated heterocycles. The number of aliphatic hydroxyl groups is 3. The van der Waals surface area contributed by atoms with Gasteiger partial charge in [-0.1, -0.05) is 38.2 Å². The van der Waals surface area contributed by atoms with Crippen molar-refractivity contribution in [2.45, 2.75) is 115 Å². The lowest BCUT2D eigenvalue weighted by Crippen LogP contribution is -2.50. The van der Waals surface area contributed by atoms with Gasteiger partial charge in [-0.3, -0.25) is 4.79 Å². The number of rotatable bonds is 16. The van der Waals surface area contributed by atoms with Crippen LogP contribution in [0.2, 0.25) is 0 Å². The molecular weight excluding hydrogens is 456 g/mol. The summed E-state index contributed by atoms with van der Waals surface area (Å²) in [6.07, 6.45) is 4.61. The molecular formula is C26H44O9. The topological polar surface area (TPSA) is 146 Å². The molecule has 0 aromatic rings. The Morgan fingerprint density at radius 2 is 1.69 bits per heavy atom. The van der Waals surface area contributed by atoms with E-state index < -0.39 is 36.4 Å². The number of aliphatic hydroxyl groups excluding tert-OH is 3. The highest BCUT2D eigenvalue weighted by atomic mass is 16.6. The second-order valence-electron chi connectivity index (χ2n) is 10.2. The molecule has 2 fully saturated rings. The Morgan fingerprint density at radius 3 is 2.34 bits per heavy atom. The molecule has 9 nitrogen and oxygen atoms in total. The summed E-state index contributed by atoms with van der Waals surface area (Å²) < 4.78 is 16.7. The van der Waals surface area contributed by atoms with E-state index in [4.69, 9.17) is 19.3 Å². The Balaban J connectivity index is 1.62. The largest absolute Gasteiger partial charge is 0.481 e. The Bertz CT molecular complexity index is 692. The third-order valence-corrected chi connectivity index (χ3v) is 7.09. The molecule has 8 unspecified atom stereocenters. The van der Waals surface area contributed by atoms with E-state index in [2.05, 4.69) is 0 Å². The van der Waals surface area contributed by atoms with Crippen LogP contribution in [0.5, 0.6) is 0 Å². The Hall–Kier alpha value is -1.52. The van der Waals surface area contributed by atoms with Gasteiger partial charge in [-0.2, -0.15) is 0 Å². The minimum atomic E-state index is -1.06. The van der Waals surface area contributed by atoms with E-state index in [1.807, 2.05) is 6.92 Å².